The van der Waals surface area contributed by atoms with Gasteiger partial charge in [0.05, 0.1) is 25.4 Å². The zero-order valence-corrected chi connectivity index (χ0v) is 15.8. The number of hydrogen-bond donors (Lipinski definition) is 3. The quantitative estimate of drug-likeness (QED) is 0.391. The molecule has 0 aliphatic rings. The maximum atomic E-state index is 11.1. The molecular weight excluding hydrogens is 332 g/mol. The first-order valence-corrected chi connectivity index (χ1v) is 9.37. The Kier molecular flexibility index (Phi) is 10.9. The Morgan fingerprint density at radius 3 is 2.54 bits per heavy atom. The molecule has 0 amide bonds. The van der Waals surface area contributed by atoms with Crippen molar-refractivity contribution in [2.24, 2.45) is 0 Å². The number of carbonyl (C=O) groups is 1. The standard InChI is InChI=1S/C21H32O5/c1-3-4-5-11-18(22)17-10-7-6-9-16(17)14-15-20(24)19(23)12-8-13-21(25)26-2/h6-7,9-10,14-15,18-20,22-24H,3-5,8,11-13H2,1-2H3/b15-14+/t18-,19+,20-/m1/s1. The van der Waals surface area contributed by atoms with Gasteiger partial charge in [-0.25, -0.2) is 0 Å². The van der Waals surface area contributed by atoms with E-state index in [2.05, 4.69) is 11.7 Å². The molecule has 3 N–H and O–H groups in total. The Bertz CT molecular complexity index is 555. The molecule has 0 spiro atoms. The lowest BCUT2D eigenvalue weighted by Crippen LogP contribution is -2.23. The first-order valence-electron chi connectivity index (χ1n) is 9.37. The van der Waals surface area contributed by atoms with Crippen LogP contribution < -0.4 is 0 Å². The fraction of sp³-hybridized carbons (Fsp3) is 0.571. The molecule has 5 nitrogen and oxygen atoms in total. The first kappa shape index (κ1) is 22.4. The molecule has 0 aromatic heterocycles. The van der Waals surface area contributed by atoms with Gasteiger partial charge in [-0.05, 0) is 30.4 Å². The van der Waals surface area contributed by atoms with Gasteiger partial charge in [0.2, 0.25) is 0 Å². The number of unbranched alkanes of at least 4 members (excludes halogenated alkanes) is 2. The second-order valence-corrected chi connectivity index (χ2v) is 6.53. The number of aliphatic hydroxyl groups excluding tert-OH is 3. The highest BCUT2D eigenvalue weighted by molar-refractivity contribution is 5.69. The predicted octanol–water partition coefficient (Wildman–Crippen LogP) is 3.38. The van der Waals surface area contributed by atoms with Crippen molar-refractivity contribution in [1.82, 2.24) is 0 Å². The molecule has 1 aromatic rings. The molecule has 0 saturated carbocycles. The lowest BCUT2D eigenvalue weighted by atomic mass is 9.97. The molecule has 0 saturated heterocycles. The molecule has 1 rings (SSSR count). The molecule has 146 valence electrons. The van der Waals surface area contributed by atoms with Crippen LogP contribution in [0, 0.1) is 0 Å². The van der Waals surface area contributed by atoms with E-state index in [4.69, 9.17) is 0 Å². The second kappa shape index (κ2) is 12.6. The summed E-state index contributed by atoms with van der Waals surface area (Å²) >= 11 is 0. The number of ether oxygens (including phenoxy) is 1. The van der Waals surface area contributed by atoms with Gasteiger partial charge in [-0.3, -0.25) is 4.79 Å². The van der Waals surface area contributed by atoms with E-state index in [9.17, 15) is 20.1 Å². The largest absolute Gasteiger partial charge is 0.469 e. The van der Waals surface area contributed by atoms with Crippen molar-refractivity contribution in [2.75, 3.05) is 7.11 Å². The van der Waals surface area contributed by atoms with Gasteiger partial charge in [0.1, 0.15) is 0 Å². The SMILES string of the molecule is CCCCC[C@@H](O)c1ccccc1/C=C/[C@@H](O)[C@@H](O)CCCC(=O)OC. The summed E-state index contributed by atoms with van der Waals surface area (Å²) in [5, 5.41) is 30.5. The molecule has 0 bridgehead atoms. The number of esters is 1. The van der Waals surface area contributed by atoms with E-state index in [0.29, 0.717) is 19.3 Å². The minimum absolute atomic E-state index is 0.219. The number of rotatable bonds is 12. The monoisotopic (exact) mass is 364 g/mol. The van der Waals surface area contributed by atoms with Crippen LogP contribution in [0.15, 0.2) is 30.3 Å². The summed E-state index contributed by atoms with van der Waals surface area (Å²) in [7, 11) is 1.32. The maximum Gasteiger partial charge on any atom is 0.305 e. The van der Waals surface area contributed by atoms with Gasteiger partial charge < -0.3 is 20.1 Å². The predicted molar refractivity (Wildman–Crippen MR) is 102 cm³/mol. The molecule has 0 heterocycles. The maximum absolute atomic E-state index is 11.1. The summed E-state index contributed by atoms with van der Waals surface area (Å²) in [5.74, 6) is -0.326. The van der Waals surface area contributed by atoms with Crippen molar-refractivity contribution in [3.63, 3.8) is 0 Å². The summed E-state index contributed by atoms with van der Waals surface area (Å²) in [5.41, 5.74) is 1.66. The smallest absolute Gasteiger partial charge is 0.305 e. The van der Waals surface area contributed by atoms with Gasteiger partial charge in [0, 0.05) is 6.42 Å². The normalized spacial score (nSPS) is 15.0. The average Bonchev–Trinajstić information content (AvgIpc) is 2.66. The molecule has 0 fully saturated rings. The topological polar surface area (TPSA) is 87.0 Å². The molecule has 0 radical (unpaired) electrons. The van der Waals surface area contributed by atoms with E-state index in [0.717, 1.165) is 30.4 Å². The van der Waals surface area contributed by atoms with Crippen LogP contribution in [0.4, 0.5) is 0 Å². The van der Waals surface area contributed by atoms with Crippen molar-refractivity contribution in [2.45, 2.75) is 70.2 Å². The number of aliphatic hydroxyl groups is 3. The minimum atomic E-state index is -1.03. The van der Waals surface area contributed by atoms with Crippen LogP contribution in [0.5, 0.6) is 0 Å². The number of methoxy groups -OCH3 is 1. The molecule has 5 heteroatoms. The number of hydrogen-bond acceptors (Lipinski definition) is 5. The first-order chi connectivity index (χ1) is 12.5. The van der Waals surface area contributed by atoms with E-state index in [1.165, 1.54) is 13.2 Å². The van der Waals surface area contributed by atoms with Crippen molar-refractivity contribution in [1.29, 1.82) is 0 Å². The van der Waals surface area contributed by atoms with Crippen LogP contribution in [-0.2, 0) is 9.53 Å². The second-order valence-electron chi connectivity index (χ2n) is 6.53. The van der Waals surface area contributed by atoms with Crippen LogP contribution in [0.1, 0.15) is 69.1 Å². The molecule has 3 atom stereocenters. The van der Waals surface area contributed by atoms with Crippen molar-refractivity contribution in [3.8, 4) is 0 Å². The fourth-order valence-corrected chi connectivity index (χ4v) is 2.77. The summed E-state index contributed by atoms with van der Waals surface area (Å²) in [4.78, 5) is 11.1. The average molecular weight is 364 g/mol. The number of carbonyl (C=O) groups excluding carboxylic acids is 1. The van der Waals surface area contributed by atoms with E-state index >= 15 is 0 Å². The summed E-state index contributed by atoms with van der Waals surface area (Å²) in [6.07, 6.45) is 5.59. The van der Waals surface area contributed by atoms with Crippen LogP contribution in [0.25, 0.3) is 6.08 Å². The van der Waals surface area contributed by atoms with Crippen LogP contribution in [0.3, 0.4) is 0 Å². The van der Waals surface area contributed by atoms with Gasteiger partial charge in [0.25, 0.3) is 0 Å². The zero-order valence-electron chi connectivity index (χ0n) is 15.8. The third-order valence-electron chi connectivity index (χ3n) is 4.41. The lowest BCUT2D eigenvalue weighted by Gasteiger charge is -2.16. The van der Waals surface area contributed by atoms with Crippen molar-refractivity contribution >= 4 is 12.0 Å². The van der Waals surface area contributed by atoms with Crippen molar-refractivity contribution in [3.05, 3.63) is 41.5 Å². The summed E-state index contributed by atoms with van der Waals surface area (Å²) < 4.78 is 4.55. The molecular formula is C21H32O5. The molecule has 1 aromatic carbocycles. The minimum Gasteiger partial charge on any atom is -0.469 e. The number of benzene rings is 1. The van der Waals surface area contributed by atoms with E-state index in [1.807, 2.05) is 24.3 Å². The van der Waals surface area contributed by atoms with E-state index < -0.39 is 18.3 Å². The Labute approximate surface area is 156 Å². The third-order valence-corrected chi connectivity index (χ3v) is 4.41. The van der Waals surface area contributed by atoms with Gasteiger partial charge in [-0.2, -0.15) is 0 Å². The molecule has 0 unspecified atom stereocenters. The summed E-state index contributed by atoms with van der Waals surface area (Å²) in [6.45, 7) is 2.13. The molecule has 26 heavy (non-hydrogen) atoms. The van der Waals surface area contributed by atoms with E-state index in [-0.39, 0.29) is 12.4 Å². The lowest BCUT2D eigenvalue weighted by molar-refractivity contribution is -0.140. The zero-order chi connectivity index (χ0) is 19.4. The Morgan fingerprint density at radius 1 is 1.12 bits per heavy atom. The molecule has 0 aliphatic carbocycles. The highest BCUT2D eigenvalue weighted by Gasteiger charge is 2.15. The Hall–Kier alpha value is -1.69. The Balaban J connectivity index is 2.62. The highest BCUT2D eigenvalue weighted by atomic mass is 16.5. The van der Waals surface area contributed by atoms with E-state index in [1.54, 1.807) is 6.08 Å². The van der Waals surface area contributed by atoms with Gasteiger partial charge in [-0.1, -0.05) is 62.6 Å². The van der Waals surface area contributed by atoms with Crippen LogP contribution in [0.2, 0.25) is 0 Å². The highest BCUT2D eigenvalue weighted by Crippen LogP contribution is 2.24. The Morgan fingerprint density at radius 2 is 1.85 bits per heavy atom. The van der Waals surface area contributed by atoms with Gasteiger partial charge >= 0.3 is 5.97 Å². The van der Waals surface area contributed by atoms with Gasteiger partial charge in [0.15, 0.2) is 0 Å². The van der Waals surface area contributed by atoms with Gasteiger partial charge in [-0.15, -0.1) is 0 Å². The van der Waals surface area contributed by atoms with Crippen molar-refractivity contribution < 1.29 is 24.9 Å². The molecule has 0 aliphatic heterocycles. The third kappa shape index (κ3) is 8.13. The van der Waals surface area contributed by atoms with Crippen LogP contribution in [-0.4, -0.2) is 40.6 Å². The van der Waals surface area contributed by atoms with Crippen LogP contribution >= 0.6 is 0 Å². The fourth-order valence-electron chi connectivity index (χ4n) is 2.77. The summed E-state index contributed by atoms with van der Waals surface area (Å²) in [6, 6.07) is 7.52.